The van der Waals surface area contributed by atoms with Gasteiger partial charge in [-0.15, -0.1) is 0 Å². The molecule has 0 fully saturated rings. The minimum absolute atomic E-state index is 0.0194. The topological polar surface area (TPSA) is 24.4 Å². The molecule has 0 aromatic heterocycles. The maximum absolute atomic E-state index is 5.96. The maximum atomic E-state index is 5.96. The first-order valence-corrected chi connectivity index (χ1v) is 6.99. The molecule has 2 nitrogen and oxygen atoms in total. The number of rotatable bonds is 1. The van der Waals surface area contributed by atoms with Gasteiger partial charge in [-0.25, -0.2) is 0 Å². The van der Waals surface area contributed by atoms with Gasteiger partial charge in [0, 0.05) is 16.0 Å². The first-order valence-electron chi connectivity index (χ1n) is 5.74. The third-order valence-corrected chi connectivity index (χ3v) is 3.80. The third kappa shape index (κ3) is 3.65. The van der Waals surface area contributed by atoms with E-state index in [4.69, 9.17) is 16.6 Å². The zero-order valence-electron chi connectivity index (χ0n) is 10.3. The summed E-state index contributed by atoms with van der Waals surface area (Å²) in [5, 5.41) is 5.65. The molecular weight excluding hydrogens is 252 g/mol. The Balaban J connectivity index is 2.16. The van der Waals surface area contributed by atoms with Crippen LogP contribution in [0.4, 0.5) is 5.69 Å². The summed E-state index contributed by atoms with van der Waals surface area (Å²) in [5.41, 5.74) is 1.01. The van der Waals surface area contributed by atoms with E-state index < -0.39 is 0 Å². The number of halogens is 1. The number of amidine groups is 1. The second-order valence-corrected chi connectivity index (χ2v) is 6.86. The van der Waals surface area contributed by atoms with Crippen LogP contribution in [0.3, 0.4) is 0 Å². The summed E-state index contributed by atoms with van der Waals surface area (Å²) in [5.74, 6) is 0. The predicted molar refractivity (Wildman–Crippen MR) is 78.3 cm³/mol. The van der Waals surface area contributed by atoms with Crippen molar-refractivity contribution in [1.82, 2.24) is 0 Å². The van der Waals surface area contributed by atoms with Crippen molar-refractivity contribution in [2.75, 3.05) is 5.32 Å². The lowest BCUT2D eigenvalue weighted by Crippen LogP contribution is -2.31. The van der Waals surface area contributed by atoms with Crippen LogP contribution in [0.5, 0.6) is 0 Å². The summed E-state index contributed by atoms with van der Waals surface area (Å²) in [7, 11) is 0. The van der Waals surface area contributed by atoms with Gasteiger partial charge >= 0.3 is 0 Å². The van der Waals surface area contributed by atoms with Gasteiger partial charge in [0.25, 0.3) is 0 Å². The summed E-state index contributed by atoms with van der Waals surface area (Å²) in [6, 6.07) is 7.72. The van der Waals surface area contributed by atoms with Crippen molar-refractivity contribution in [3.8, 4) is 0 Å². The number of thioether (sulfide) groups is 1. The summed E-state index contributed by atoms with van der Waals surface area (Å²) >= 11 is 7.75. The fourth-order valence-electron chi connectivity index (χ4n) is 2.03. The molecule has 1 aliphatic heterocycles. The zero-order chi connectivity index (χ0) is 12.5. The highest BCUT2D eigenvalue weighted by atomic mass is 35.5. The Hall–Kier alpha value is -0.670. The maximum Gasteiger partial charge on any atom is 0.161 e. The quantitative estimate of drug-likeness (QED) is 0.816. The van der Waals surface area contributed by atoms with E-state index in [-0.39, 0.29) is 5.54 Å². The molecule has 0 saturated carbocycles. The average molecular weight is 269 g/mol. The summed E-state index contributed by atoms with van der Waals surface area (Å²) in [6.07, 6.45) is 1.11. The molecule has 0 amide bonds. The predicted octanol–water partition coefficient (Wildman–Crippen LogP) is 4.41. The molecule has 1 aliphatic rings. The van der Waals surface area contributed by atoms with Crippen molar-refractivity contribution < 1.29 is 0 Å². The molecule has 2 rings (SSSR count). The van der Waals surface area contributed by atoms with Gasteiger partial charge in [0.05, 0.1) is 5.54 Å². The largest absolute Gasteiger partial charge is 0.335 e. The van der Waals surface area contributed by atoms with E-state index in [9.17, 15) is 0 Å². The number of aliphatic imine (C=N–C) groups is 1. The van der Waals surface area contributed by atoms with Crippen LogP contribution < -0.4 is 5.32 Å². The number of nitrogens with one attached hydrogen (secondary N) is 1. The lowest BCUT2D eigenvalue weighted by atomic mass is 10.00. The number of nitrogens with zero attached hydrogens (tertiary/aromatic N) is 1. The lowest BCUT2D eigenvalue weighted by molar-refractivity contribution is 0.477. The van der Waals surface area contributed by atoms with Crippen LogP contribution >= 0.6 is 23.4 Å². The fourth-order valence-corrected chi connectivity index (χ4v) is 3.57. The van der Waals surface area contributed by atoms with Crippen molar-refractivity contribution >= 4 is 34.2 Å². The van der Waals surface area contributed by atoms with E-state index in [1.54, 1.807) is 11.8 Å². The number of anilines is 1. The van der Waals surface area contributed by atoms with Crippen LogP contribution in [0.1, 0.15) is 27.2 Å². The van der Waals surface area contributed by atoms with E-state index in [2.05, 4.69) is 26.1 Å². The molecule has 1 unspecified atom stereocenters. The normalized spacial score (nSPS) is 23.1. The molecule has 0 aliphatic carbocycles. The molecule has 0 spiro atoms. The van der Waals surface area contributed by atoms with E-state index >= 15 is 0 Å². The lowest BCUT2D eigenvalue weighted by Gasteiger charge is -2.30. The first-order chi connectivity index (χ1) is 7.94. The highest BCUT2D eigenvalue weighted by Crippen LogP contribution is 2.32. The Morgan fingerprint density at radius 3 is 2.88 bits per heavy atom. The molecule has 4 heteroatoms. The molecule has 17 heavy (non-hydrogen) atoms. The van der Waals surface area contributed by atoms with Crippen molar-refractivity contribution in [3.63, 3.8) is 0 Å². The highest BCUT2D eigenvalue weighted by Gasteiger charge is 2.27. The van der Waals surface area contributed by atoms with Gasteiger partial charge in [-0.3, -0.25) is 4.99 Å². The third-order valence-electron chi connectivity index (χ3n) is 2.58. The second-order valence-electron chi connectivity index (χ2n) is 5.00. The number of hydrogen-bond donors (Lipinski definition) is 1. The van der Waals surface area contributed by atoms with Gasteiger partial charge in [0.15, 0.2) is 5.17 Å². The number of benzene rings is 1. The standard InChI is InChI=1S/C13H17ClN2S/c1-9-8-13(2,3)16-12(17-9)15-11-6-4-5-10(14)7-11/h4-7,9H,8H2,1-3H3,(H,15,16). The molecule has 0 bridgehead atoms. The average Bonchev–Trinajstić information content (AvgIpc) is 2.13. The molecule has 1 aromatic carbocycles. The van der Waals surface area contributed by atoms with Gasteiger partial charge in [-0.05, 0) is 38.5 Å². The molecule has 1 N–H and O–H groups in total. The molecule has 1 heterocycles. The van der Waals surface area contributed by atoms with Crippen LogP contribution in [0, 0.1) is 0 Å². The van der Waals surface area contributed by atoms with Crippen molar-refractivity contribution in [3.05, 3.63) is 29.3 Å². The van der Waals surface area contributed by atoms with E-state index in [1.165, 1.54) is 0 Å². The fraction of sp³-hybridized carbons (Fsp3) is 0.462. The van der Waals surface area contributed by atoms with E-state index in [0.29, 0.717) is 5.25 Å². The molecule has 1 atom stereocenters. The Bertz CT molecular complexity index is 443. The first kappa shape index (κ1) is 12.8. The monoisotopic (exact) mass is 268 g/mol. The smallest absolute Gasteiger partial charge is 0.161 e. The van der Waals surface area contributed by atoms with E-state index in [1.807, 2.05) is 24.3 Å². The van der Waals surface area contributed by atoms with Crippen LogP contribution in [0.15, 0.2) is 29.3 Å². The molecule has 92 valence electrons. The van der Waals surface area contributed by atoms with Crippen molar-refractivity contribution in [1.29, 1.82) is 0 Å². The Morgan fingerprint density at radius 1 is 1.47 bits per heavy atom. The van der Waals surface area contributed by atoms with Crippen LogP contribution in [0.2, 0.25) is 5.02 Å². The SMILES string of the molecule is CC1CC(C)(C)N=C(Nc2cccc(Cl)c2)S1. The van der Waals surface area contributed by atoms with Gasteiger partial charge in [-0.2, -0.15) is 0 Å². The van der Waals surface area contributed by atoms with Crippen LogP contribution in [-0.2, 0) is 0 Å². The van der Waals surface area contributed by atoms with Crippen LogP contribution in [-0.4, -0.2) is 16.0 Å². The van der Waals surface area contributed by atoms with E-state index in [0.717, 1.165) is 22.3 Å². The minimum Gasteiger partial charge on any atom is -0.335 e. The van der Waals surface area contributed by atoms with Gasteiger partial charge < -0.3 is 5.32 Å². The Kier molecular flexibility index (Phi) is 3.69. The van der Waals surface area contributed by atoms with Crippen LogP contribution in [0.25, 0.3) is 0 Å². The molecular formula is C13H17ClN2S. The minimum atomic E-state index is 0.0194. The number of hydrogen-bond acceptors (Lipinski definition) is 3. The Labute approximate surface area is 112 Å². The summed E-state index contributed by atoms with van der Waals surface area (Å²) in [4.78, 5) is 4.71. The van der Waals surface area contributed by atoms with Crippen molar-refractivity contribution in [2.45, 2.75) is 38.0 Å². The molecule has 0 saturated heterocycles. The zero-order valence-corrected chi connectivity index (χ0v) is 11.9. The summed E-state index contributed by atoms with van der Waals surface area (Å²) in [6.45, 7) is 6.58. The van der Waals surface area contributed by atoms with Gasteiger partial charge in [-0.1, -0.05) is 36.4 Å². The molecule has 1 aromatic rings. The summed E-state index contributed by atoms with van der Waals surface area (Å²) < 4.78 is 0. The second kappa shape index (κ2) is 4.91. The van der Waals surface area contributed by atoms with Gasteiger partial charge in [0.2, 0.25) is 0 Å². The van der Waals surface area contributed by atoms with Gasteiger partial charge in [0.1, 0.15) is 0 Å². The van der Waals surface area contributed by atoms with Crippen molar-refractivity contribution in [2.24, 2.45) is 4.99 Å². The Morgan fingerprint density at radius 2 is 2.24 bits per heavy atom. The highest BCUT2D eigenvalue weighted by molar-refractivity contribution is 8.14. The molecule has 0 radical (unpaired) electrons.